The predicted octanol–water partition coefficient (Wildman–Crippen LogP) is 3.98. The van der Waals surface area contributed by atoms with Crippen LogP contribution in [0.3, 0.4) is 0 Å². The highest BCUT2D eigenvalue weighted by atomic mass is 16.5. The van der Waals surface area contributed by atoms with Crippen molar-refractivity contribution in [3.8, 4) is 0 Å². The number of carbonyl (C=O) groups excluding carboxylic acids is 1. The fourth-order valence-corrected chi connectivity index (χ4v) is 2.84. The second kappa shape index (κ2) is 7.29. The smallest absolute Gasteiger partial charge is 0.255 e. The van der Waals surface area contributed by atoms with E-state index in [-0.39, 0.29) is 5.91 Å². The first kappa shape index (κ1) is 15.6. The molecular formula is C19H22N2O2. The molecule has 1 aliphatic rings. The van der Waals surface area contributed by atoms with E-state index in [9.17, 15) is 4.79 Å². The molecule has 2 aromatic rings. The number of rotatable bonds is 5. The van der Waals surface area contributed by atoms with E-state index in [0.717, 1.165) is 11.3 Å². The number of hydrogen-bond acceptors (Lipinski definition) is 3. The van der Waals surface area contributed by atoms with Crippen molar-refractivity contribution in [2.45, 2.75) is 38.4 Å². The molecule has 1 amide bonds. The summed E-state index contributed by atoms with van der Waals surface area (Å²) >= 11 is 0. The predicted molar refractivity (Wildman–Crippen MR) is 92.3 cm³/mol. The molecule has 23 heavy (non-hydrogen) atoms. The Hall–Kier alpha value is -2.33. The number of ether oxygens (including phenoxy) is 1. The number of nitrogens with one attached hydrogen (secondary N) is 1. The van der Waals surface area contributed by atoms with E-state index in [1.54, 1.807) is 24.3 Å². The average Bonchev–Trinajstić information content (AvgIpc) is 3.08. The van der Waals surface area contributed by atoms with Gasteiger partial charge in [0, 0.05) is 16.9 Å². The Balaban J connectivity index is 1.55. The summed E-state index contributed by atoms with van der Waals surface area (Å²) in [7, 11) is 0. The lowest BCUT2D eigenvalue weighted by Crippen LogP contribution is -2.12. The molecule has 4 nitrogen and oxygen atoms in total. The lowest BCUT2D eigenvalue weighted by Gasteiger charge is -2.11. The second-order valence-electron chi connectivity index (χ2n) is 5.99. The molecule has 0 saturated heterocycles. The third-order valence-corrected chi connectivity index (χ3v) is 4.15. The van der Waals surface area contributed by atoms with Gasteiger partial charge in [0.05, 0.1) is 12.7 Å². The summed E-state index contributed by atoms with van der Waals surface area (Å²) in [5.74, 6) is -0.160. The molecule has 0 heterocycles. The van der Waals surface area contributed by atoms with Crippen LogP contribution in [0.25, 0.3) is 0 Å². The largest absolute Gasteiger partial charge is 0.399 e. The maximum Gasteiger partial charge on any atom is 0.255 e. The van der Waals surface area contributed by atoms with E-state index in [0.29, 0.717) is 24.0 Å². The highest BCUT2D eigenvalue weighted by molar-refractivity contribution is 6.04. The summed E-state index contributed by atoms with van der Waals surface area (Å²) in [6.07, 6.45) is 5.32. The van der Waals surface area contributed by atoms with Gasteiger partial charge >= 0.3 is 0 Å². The molecule has 0 spiro atoms. The number of amides is 1. The van der Waals surface area contributed by atoms with Crippen LogP contribution in [-0.4, -0.2) is 12.0 Å². The molecule has 120 valence electrons. The molecular weight excluding hydrogens is 288 g/mol. The number of nitrogens with two attached hydrogens (primary N) is 1. The van der Waals surface area contributed by atoms with Crippen LogP contribution in [0.5, 0.6) is 0 Å². The van der Waals surface area contributed by atoms with Crippen LogP contribution in [0.4, 0.5) is 11.4 Å². The van der Waals surface area contributed by atoms with Gasteiger partial charge in [-0.1, -0.05) is 31.0 Å². The third-order valence-electron chi connectivity index (χ3n) is 4.15. The molecule has 0 radical (unpaired) electrons. The maximum atomic E-state index is 12.2. The molecule has 3 N–H and O–H groups in total. The summed E-state index contributed by atoms with van der Waals surface area (Å²) in [5.41, 5.74) is 8.73. The van der Waals surface area contributed by atoms with E-state index in [1.807, 2.05) is 24.3 Å². The van der Waals surface area contributed by atoms with Crippen molar-refractivity contribution in [1.82, 2.24) is 0 Å². The fraction of sp³-hybridized carbons (Fsp3) is 0.316. The van der Waals surface area contributed by atoms with E-state index in [2.05, 4.69) is 5.32 Å². The monoisotopic (exact) mass is 310 g/mol. The van der Waals surface area contributed by atoms with Gasteiger partial charge in [-0.15, -0.1) is 0 Å². The van der Waals surface area contributed by atoms with Crippen LogP contribution in [0.1, 0.15) is 41.6 Å². The molecule has 0 aromatic heterocycles. The van der Waals surface area contributed by atoms with E-state index in [4.69, 9.17) is 10.5 Å². The molecule has 0 atom stereocenters. The Labute approximate surface area is 136 Å². The summed E-state index contributed by atoms with van der Waals surface area (Å²) < 4.78 is 5.89. The first-order valence-electron chi connectivity index (χ1n) is 8.08. The van der Waals surface area contributed by atoms with Gasteiger partial charge < -0.3 is 15.8 Å². The first-order chi connectivity index (χ1) is 11.2. The molecule has 0 aliphatic heterocycles. The zero-order valence-electron chi connectivity index (χ0n) is 13.1. The van der Waals surface area contributed by atoms with Crippen LogP contribution in [0.2, 0.25) is 0 Å². The normalized spacial score (nSPS) is 14.8. The number of anilines is 2. The fourth-order valence-electron chi connectivity index (χ4n) is 2.84. The quantitative estimate of drug-likeness (QED) is 0.821. The number of carbonyl (C=O) groups is 1. The molecule has 0 unspecified atom stereocenters. The first-order valence-corrected chi connectivity index (χ1v) is 8.08. The van der Waals surface area contributed by atoms with Crippen molar-refractivity contribution in [3.05, 3.63) is 59.7 Å². The molecule has 1 fully saturated rings. The van der Waals surface area contributed by atoms with Gasteiger partial charge in [0.25, 0.3) is 5.91 Å². The van der Waals surface area contributed by atoms with Gasteiger partial charge in [0.1, 0.15) is 0 Å². The van der Waals surface area contributed by atoms with Crippen LogP contribution < -0.4 is 11.1 Å². The standard InChI is InChI=1S/C19H22N2O2/c20-16-5-3-4-15(12-16)19(22)21-17-10-8-14(9-11-17)13-23-18-6-1-2-7-18/h3-5,8-12,18H,1-2,6-7,13,20H2,(H,21,22). The van der Waals surface area contributed by atoms with Crippen LogP contribution in [-0.2, 0) is 11.3 Å². The highest BCUT2D eigenvalue weighted by Crippen LogP contribution is 2.22. The number of nitrogen functional groups attached to an aromatic ring is 1. The van der Waals surface area contributed by atoms with Crippen molar-refractivity contribution >= 4 is 17.3 Å². The Bertz CT molecular complexity index is 661. The highest BCUT2D eigenvalue weighted by Gasteiger charge is 2.15. The van der Waals surface area contributed by atoms with E-state index < -0.39 is 0 Å². The van der Waals surface area contributed by atoms with Crippen molar-refractivity contribution in [1.29, 1.82) is 0 Å². The molecule has 0 bridgehead atoms. The maximum absolute atomic E-state index is 12.2. The Kier molecular flexibility index (Phi) is 4.93. The zero-order chi connectivity index (χ0) is 16.1. The molecule has 4 heteroatoms. The molecule has 1 saturated carbocycles. The summed E-state index contributed by atoms with van der Waals surface area (Å²) in [4.78, 5) is 12.2. The van der Waals surface area contributed by atoms with E-state index >= 15 is 0 Å². The second-order valence-corrected chi connectivity index (χ2v) is 5.99. The van der Waals surface area contributed by atoms with Gasteiger partial charge in [-0.3, -0.25) is 4.79 Å². The summed E-state index contributed by atoms with van der Waals surface area (Å²) in [5, 5.41) is 2.87. The topological polar surface area (TPSA) is 64.4 Å². The van der Waals surface area contributed by atoms with Gasteiger partial charge in [-0.25, -0.2) is 0 Å². The third kappa shape index (κ3) is 4.33. The summed E-state index contributed by atoms with van der Waals surface area (Å²) in [6.45, 7) is 0.633. The Morgan fingerprint density at radius 3 is 2.57 bits per heavy atom. The van der Waals surface area contributed by atoms with Gasteiger partial charge in [0.2, 0.25) is 0 Å². The molecule has 3 rings (SSSR count). The van der Waals surface area contributed by atoms with Gasteiger partial charge in [-0.2, -0.15) is 0 Å². The van der Waals surface area contributed by atoms with E-state index in [1.165, 1.54) is 25.7 Å². The van der Waals surface area contributed by atoms with Crippen molar-refractivity contribution in [3.63, 3.8) is 0 Å². The van der Waals surface area contributed by atoms with Crippen LogP contribution in [0, 0.1) is 0 Å². The van der Waals surface area contributed by atoms with Crippen molar-refractivity contribution in [2.75, 3.05) is 11.1 Å². The van der Waals surface area contributed by atoms with Crippen LogP contribution in [0.15, 0.2) is 48.5 Å². The van der Waals surface area contributed by atoms with Gasteiger partial charge in [-0.05, 0) is 48.7 Å². The average molecular weight is 310 g/mol. The molecule has 2 aromatic carbocycles. The zero-order valence-corrected chi connectivity index (χ0v) is 13.1. The van der Waals surface area contributed by atoms with Gasteiger partial charge in [0.15, 0.2) is 0 Å². The minimum atomic E-state index is -0.160. The molecule has 1 aliphatic carbocycles. The SMILES string of the molecule is Nc1cccc(C(=O)Nc2ccc(COC3CCCC3)cc2)c1. The lowest BCUT2D eigenvalue weighted by molar-refractivity contribution is 0.0457. The van der Waals surface area contributed by atoms with Crippen LogP contribution >= 0.6 is 0 Å². The summed E-state index contributed by atoms with van der Waals surface area (Å²) in [6, 6.07) is 14.7. The minimum Gasteiger partial charge on any atom is -0.399 e. The lowest BCUT2D eigenvalue weighted by atomic mass is 10.1. The number of hydrogen-bond donors (Lipinski definition) is 2. The minimum absolute atomic E-state index is 0.160. The van der Waals surface area contributed by atoms with Crippen molar-refractivity contribution < 1.29 is 9.53 Å². The Morgan fingerprint density at radius 1 is 1.13 bits per heavy atom. The Morgan fingerprint density at radius 2 is 1.87 bits per heavy atom. The number of benzene rings is 2. The van der Waals surface area contributed by atoms with Crippen molar-refractivity contribution in [2.24, 2.45) is 0 Å².